The van der Waals surface area contributed by atoms with Gasteiger partial charge in [-0.2, -0.15) is 0 Å². The first kappa shape index (κ1) is 16.1. The number of carbonyl (C=O) groups excluding carboxylic acids is 1. The van der Waals surface area contributed by atoms with Gasteiger partial charge in [0.25, 0.3) is 0 Å². The molecule has 0 spiro atoms. The van der Waals surface area contributed by atoms with E-state index >= 15 is 0 Å². The van der Waals surface area contributed by atoms with Gasteiger partial charge in [-0.25, -0.2) is 4.79 Å². The predicted octanol–water partition coefficient (Wildman–Crippen LogP) is 1.74. The molecule has 1 aliphatic carbocycles. The number of rotatable bonds is 5. The Morgan fingerprint density at radius 2 is 1.86 bits per heavy atom. The van der Waals surface area contributed by atoms with Gasteiger partial charge in [0, 0.05) is 6.04 Å². The van der Waals surface area contributed by atoms with E-state index in [-0.39, 0.29) is 25.3 Å². The molecule has 2 unspecified atom stereocenters. The van der Waals surface area contributed by atoms with Crippen LogP contribution in [0.15, 0.2) is 0 Å². The Morgan fingerprint density at radius 1 is 1.14 bits per heavy atom. The molecule has 21 heavy (non-hydrogen) atoms. The SMILES string of the molecule is CCCC1CCC(NC(=O)NC2COCC2C(=O)O)CC1. The van der Waals surface area contributed by atoms with Crippen molar-refractivity contribution in [2.24, 2.45) is 11.8 Å². The van der Waals surface area contributed by atoms with E-state index in [4.69, 9.17) is 9.84 Å². The second-order valence-electron chi connectivity index (χ2n) is 6.21. The molecular weight excluding hydrogens is 272 g/mol. The number of hydrogen-bond acceptors (Lipinski definition) is 3. The van der Waals surface area contributed by atoms with Crippen LogP contribution < -0.4 is 10.6 Å². The summed E-state index contributed by atoms with van der Waals surface area (Å²) in [6.45, 7) is 2.65. The maximum absolute atomic E-state index is 12.0. The number of carboxylic acids is 1. The van der Waals surface area contributed by atoms with E-state index in [0.29, 0.717) is 0 Å². The fraction of sp³-hybridized carbons (Fsp3) is 0.867. The molecule has 1 heterocycles. The Labute approximate surface area is 125 Å². The zero-order valence-electron chi connectivity index (χ0n) is 12.6. The van der Waals surface area contributed by atoms with Crippen molar-refractivity contribution in [2.45, 2.75) is 57.5 Å². The average molecular weight is 298 g/mol. The summed E-state index contributed by atoms with van der Waals surface area (Å²) < 4.78 is 5.14. The molecule has 6 nitrogen and oxygen atoms in total. The van der Waals surface area contributed by atoms with Crippen molar-refractivity contribution in [3.05, 3.63) is 0 Å². The Hall–Kier alpha value is -1.30. The second kappa shape index (κ2) is 7.64. The van der Waals surface area contributed by atoms with Gasteiger partial charge in [-0.15, -0.1) is 0 Å². The van der Waals surface area contributed by atoms with Crippen molar-refractivity contribution in [1.82, 2.24) is 10.6 Å². The van der Waals surface area contributed by atoms with Crippen LogP contribution in [0.3, 0.4) is 0 Å². The zero-order chi connectivity index (χ0) is 15.2. The molecule has 2 atom stereocenters. The number of amides is 2. The number of urea groups is 1. The largest absolute Gasteiger partial charge is 0.481 e. The van der Waals surface area contributed by atoms with Gasteiger partial charge in [0.2, 0.25) is 0 Å². The summed E-state index contributed by atoms with van der Waals surface area (Å²) in [7, 11) is 0. The van der Waals surface area contributed by atoms with E-state index in [2.05, 4.69) is 17.6 Å². The first-order valence-electron chi connectivity index (χ1n) is 7.97. The molecule has 2 rings (SSSR count). The van der Waals surface area contributed by atoms with Crippen LogP contribution in [-0.4, -0.2) is 42.4 Å². The minimum absolute atomic E-state index is 0.169. The Morgan fingerprint density at radius 3 is 2.48 bits per heavy atom. The predicted molar refractivity (Wildman–Crippen MR) is 78.1 cm³/mol. The average Bonchev–Trinajstić information content (AvgIpc) is 2.89. The normalized spacial score (nSPS) is 32.6. The summed E-state index contributed by atoms with van der Waals surface area (Å²) in [4.78, 5) is 23.0. The molecule has 0 bridgehead atoms. The van der Waals surface area contributed by atoms with Crippen molar-refractivity contribution < 1.29 is 19.4 Å². The lowest BCUT2D eigenvalue weighted by Gasteiger charge is -2.29. The highest BCUT2D eigenvalue weighted by Gasteiger charge is 2.35. The molecule has 2 aliphatic rings. The summed E-state index contributed by atoms with van der Waals surface area (Å²) in [5.74, 6) is -0.760. The van der Waals surface area contributed by atoms with Gasteiger partial charge >= 0.3 is 12.0 Å². The van der Waals surface area contributed by atoms with E-state index in [9.17, 15) is 9.59 Å². The van der Waals surface area contributed by atoms with Gasteiger partial charge in [0.05, 0.1) is 19.3 Å². The third kappa shape index (κ3) is 4.59. The number of ether oxygens (including phenoxy) is 1. The lowest BCUT2D eigenvalue weighted by Crippen LogP contribution is -2.50. The Balaban J connectivity index is 1.71. The topological polar surface area (TPSA) is 87.7 Å². The molecule has 3 N–H and O–H groups in total. The second-order valence-corrected chi connectivity index (χ2v) is 6.21. The van der Waals surface area contributed by atoms with Gasteiger partial charge in [-0.05, 0) is 31.6 Å². The van der Waals surface area contributed by atoms with E-state index < -0.39 is 17.9 Å². The third-order valence-corrected chi connectivity index (χ3v) is 4.59. The molecule has 120 valence electrons. The van der Waals surface area contributed by atoms with Crippen molar-refractivity contribution >= 4 is 12.0 Å². The van der Waals surface area contributed by atoms with Gasteiger partial charge < -0.3 is 20.5 Å². The fourth-order valence-corrected chi connectivity index (χ4v) is 3.34. The number of hydrogen-bond donors (Lipinski definition) is 3. The van der Waals surface area contributed by atoms with Crippen LogP contribution in [0.1, 0.15) is 45.4 Å². The molecule has 2 amide bonds. The molecule has 1 saturated carbocycles. The Bertz CT molecular complexity index is 367. The maximum atomic E-state index is 12.0. The molecule has 6 heteroatoms. The quantitative estimate of drug-likeness (QED) is 0.721. The third-order valence-electron chi connectivity index (χ3n) is 4.59. The van der Waals surface area contributed by atoms with Crippen molar-refractivity contribution in [3.63, 3.8) is 0 Å². The van der Waals surface area contributed by atoms with E-state index in [1.165, 1.54) is 25.7 Å². The van der Waals surface area contributed by atoms with Crippen molar-refractivity contribution in [1.29, 1.82) is 0 Å². The van der Waals surface area contributed by atoms with Gasteiger partial charge in [-0.3, -0.25) is 4.79 Å². The number of carboxylic acid groups (broad SMARTS) is 1. The van der Waals surface area contributed by atoms with E-state index in [1.807, 2.05) is 0 Å². The fourth-order valence-electron chi connectivity index (χ4n) is 3.34. The Kier molecular flexibility index (Phi) is 5.85. The molecule has 0 aromatic heterocycles. The lowest BCUT2D eigenvalue weighted by molar-refractivity contribution is -0.142. The zero-order valence-corrected chi connectivity index (χ0v) is 12.6. The molecule has 1 aliphatic heterocycles. The minimum Gasteiger partial charge on any atom is -0.481 e. The van der Waals surface area contributed by atoms with Crippen LogP contribution >= 0.6 is 0 Å². The number of nitrogens with one attached hydrogen (secondary N) is 2. The van der Waals surface area contributed by atoms with Crippen molar-refractivity contribution in [2.75, 3.05) is 13.2 Å². The van der Waals surface area contributed by atoms with Gasteiger partial charge in [0.1, 0.15) is 5.92 Å². The highest BCUT2D eigenvalue weighted by molar-refractivity contribution is 5.77. The van der Waals surface area contributed by atoms with Crippen LogP contribution in [0, 0.1) is 11.8 Å². The summed E-state index contributed by atoms with van der Waals surface area (Å²) >= 11 is 0. The molecule has 2 fully saturated rings. The highest BCUT2D eigenvalue weighted by atomic mass is 16.5. The highest BCUT2D eigenvalue weighted by Crippen LogP contribution is 2.27. The standard InChI is InChI=1S/C15H26N2O4/c1-2-3-10-4-6-11(7-5-10)16-15(20)17-13-9-21-8-12(13)14(18)19/h10-13H,2-9H2,1H3,(H,18,19)(H2,16,17,20). The summed E-state index contributed by atoms with van der Waals surface area (Å²) in [5, 5.41) is 14.8. The monoisotopic (exact) mass is 298 g/mol. The number of carbonyl (C=O) groups is 2. The van der Waals surface area contributed by atoms with Crippen LogP contribution in [0.4, 0.5) is 4.79 Å². The lowest BCUT2D eigenvalue weighted by atomic mass is 9.83. The van der Waals surface area contributed by atoms with Crippen LogP contribution in [0.2, 0.25) is 0 Å². The van der Waals surface area contributed by atoms with Gasteiger partial charge in [0.15, 0.2) is 0 Å². The minimum atomic E-state index is -0.919. The maximum Gasteiger partial charge on any atom is 0.315 e. The first-order chi connectivity index (χ1) is 10.1. The van der Waals surface area contributed by atoms with Crippen molar-refractivity contribution in [3.8, 4) is 0 Å². The molecular formula is C15H26N2O4. The van der Waals surface area contributed by atoms with Gasteiger partial charge in [-0.1, -0.05) is 19.8 Å². The summed E-state index contributed by atoms with van der Waals surface area (Å²) in [6, 6.07) is -0.488. The van der Waals surface area contributed by atoms with Crippen LogP contribution in [0.25, 0.3) is 0 Å². The molecule has 0 radical (unpaired) electrons. The van der Waals surface area contributed by atoms with E-state index in [1.54, 1.807) is 0 Å². The summed E-state index contributed by atoms with van der Waals surface area (Å²) in [5.41, 5.74) is 0. The number of aliphatic carboxylic acids is 1. The van der Waals surface area contributed by atoms with E-state index in [0.717, 1.165) is 18.8 Å². The molecule has 0 aromatic rings. The smallest absolute Gasteiger partial charge is 0.315 e. The molecule has 0 aromatic carbocycles. The molecule has 1 saturated heterocycles. The van der Waals surface area contributed by atoms with Crippen LogP contribution in [0.5, 0.6) is 0 Å². The summed E-state index contributed by atoms with van der Waals surface area (Å²) in [6.07, 6.45) is 6.87. The van der Waals surface area contributed by atoms with Crippen LogP contribution in [-0.2, 0) is 9.53 Å². The first-order valence-corrected chi connectivity index (χ1v) is 7.97.